The molecule has 2 aliphatic rings. The minimum Gasteiger partial charge on any atom is -0.396 e. The maximum atomic E-state index is 12.9. The molecule has 1 atom stereocenters. The van der Waals surface area contributed by atoms with Gasteiger partial charge in [-0.3, -0.25) is 4.79 Å². The van der Waals surface area contributed by atoms with E-state index in [1.165, 1.54) is 16.4 Å². The van der Waals surface area contributed by atoms with E-state index in [-0.39, 0.29) is 28.9 Å². The number of hydrogen-bond donors (Lipinski definition) is 3. The zero-order chi connectivity index (χ0) is 18.8. The lowest BCUT2D eigenvalue weighted by Crippen LogP contribution is -2.43. The first-order valence-electron chi connectivity index (χ1n) is 9.07. The molecular formula is C18H27N3O4S. The second-order valence-corrected chi connectivity index (χ2v) is 9.50. The van der Waals surface area contributed by atoms with Gasteiger partial charge in [-0.1, -0.05) is 13.0 Å². The van der Waals surface area contributed by atoms with Crippen LogP contribution in [0, 0.1) is 5.41 Å². The van der Waals surface area contributed by atoms with E-state index in [4.69, 9.17) is 0 Å². The van der Waals surface area contributed by atoms with Gasteiger partial charge in [-0.15, -0.1) is 0 Å². The third kappa shape index (κ3) is 4.09. The van der Waals surface area contributed by atoms with Crippen LogP contribution in [-0.4, -0.2) is 62.6 Å². The molecule has 26 heavy (non-hydrogen) atoms. The molecule has 0 spiro atoms. The van der Waals surface area contributed by atoms with Gasteiger partial charge in [0.25, 0.3) is 5.91 Å². The number of rotatable bonds is 5. The van der Waals surface area contributed by atoms with E-state index >= 15 is 0 Å². The molecule has 0 radical (unpaired) electrons. The first-order valence-corrected chi connectivity index (χ1v) is 10.5. The van der Waals surface area contributed by atoms with Crippen LogP contribution in [0.3, 0.4) is 0 Å². The summed E-state index contributed by atoms with van der Waals surface area (Å²) >= 11 is 0. The van der Waals surface area contributed by atoms with Crippen LogP contribution in [0.1, 0.15) is 36.5 Å². The Morgan fingerprint density at radius 3 is 2.73 bits per heavy atom. The van der Waals surface area contributed by atoms with Gasteiger partial charge in [0.1, 0.15) is 0 Å². The van der Waals surface area contributed by atoms with Crippen molar-refractivity contribution >= 4 is 15.9 Å². The van der Waals surface area contributed by atoms with Crippen molar-refractivity contribution in [2.24, 2.45) is 5.41 Å². The van der Waals surface area contributed by atoms with Crippen LogP contribution in [0.25, 0.3) is 0 Å². The number of carbonyl (C=O) groups excluding carboxylic acids is 1. The van der Waals surface area contributed by atoms with Crippen molar-refractivity contribution in [3.8, 4) is 0 Å². The quantitative estimate of drug-likeness (QED) is 0.692. The Kier molecular flexibility index (Phi) is 5.67. The first-order chi connectivity index (χ1) is 12.3. The van der Waals surface area contributed by atoms with Crippen LogP contribution in [0.15, 0.2) is 29.2 Å². The predicted octanol–water partition coefficient (Wildman–Crippen LogP) is 0.561. The van der Waals surface area contributed by atoms with Crippen LogP contribution in [0.4, 0.5) is 0 Å². The molecule has 0 saturated carbocycles. The van der Waals surface area contributed by atoms with E-state index in [2.05, 4.69) is 10.6 Å². The van der Waals surface area contributed by atoms with E-state index in [0.717, 1.165) is 19.5 Å². The maximum Gasteiger partial charge on any atom is 0.251 e. The zero-order valence-corrected chi connectivity index (χ0v) is 15.9. The highest BCUT2D eigenvalue weighted by Gasteiger charge is 2.35. The fraction of sp³-hybridized carbons (Fsp3) is 0.611. The number of piperidine rings is 1. The van der Waals surface area contributed by atoms with Crippen molar-refractivity contribution < 1.29 is 18.3 Å². The van der Waals surface area contributed by atoms with Gasteiger partial charge in [0.05, 0.1) is 4.90 Å². The Morgan fingerprint density at radius 2 is 2.12 bits per heavy atom. The Morgan fingerprint density at radius 1 is 1.38 bits per heavy atom. The summed E-state index contributed by atoms with van der Waals surface area (Å²) in [6, 6.07) is 6.31. The number of aliphatic hydroxyl groups is 1. The van der Waals surface area contributed by atoms with E-state index in [0.29, 0.717) is 31.5 Å². The fourth-order valence-corrected chi connectivity index (χ4v) is 4.91. The number of sulfonamides is 1. The Labute approximate surface area is 154 Å². The zero-order valence-electron chi connectivity index (χ0n) is 15.1. The molecule has 2 saturated heterocycles. The summed E-state index contributed by atoms with van der Waals surface area (Å²) in [6.45, 7) is 4.40. The van der Waals surface area contributed by atoms with Gasteiger partial charge < -0.3 is 15.7 Å². The normalized spacial score (nSPS) is 23.7. The summed E-state index contributed by atoms with van der Waals surface area (Å²) < 4.78 is 27.3. The van der Waals surface area contributed by atoms with E-state index in [9.17, 15) is 18.3 Å². The molecule has 0 aliphatic carbocycles. The molecule has 1 amide bonds. The minimum atomic E-state index is -3.64. The molecule has 3 N–H and O–H groups in total. The van der Waals surface area contributed by atoms with E-state index in [1.54, 1.807) is 12.1 Å². The molecule has 7 nitrogen and oxygen atoms in total. The smallest absolute Gasteiger partial charge is 0.251 e. The summed E-state index contributed by atoms with van der Waals surface area (Å²) in [6.07, 6.45) is 2.12. The lowest BCUT2D eigenvalue weighted by atomic mass is 9.82. The molecule has 2 fully saturated rings. The number of aliphatic hydroxyl groups excluding tert-OH is 1. The molecule has 2 heterocycles. The van der Waals surface area contributed by atoms with Crippen molar-refractivity contribution in [3.63, 3.8) is 0 Å². The van der Waals surface area contributed by atoms with E-state index in [1.807, 2.05) is 6.92 Å². The van der Waals surface area contributed by atoms with Crippen LogP contribution in [0.2, 0.25) is 0 Å². The SMILES string of the molecule is CC1(CO)CCN(S(=O)(=O)c2cccc(C(=O)NC3CCNC3)c2)CC1. The molecule has 0 bridgehead atoms. The van der Waals surface area contributed by atoms with Gasteiger partial charge in [0.2, 0.25) is 10.0 Å². The number of benzene rings is 1. The number of hydrogen-bond acceptors (Lipinski definition) is 5. The molecule has 1 aromatic rings. The molecule has 3 rings (SSSR count). The molecule has 1 aromatic carbocycles. The third-order valence-electron chi connectivity index (χ3n) is 5.44. The highest BCUT2D eigenvalue weighted by Crippen LogP contribution is 2.32. The standard InChI is InChI=1S/C18H27N3O4S/c1-18(13-22)6-9-21(10-7-18)26(24,25)16-4-2-3-14(11-16)17(23)20-15-5-8-19-12-15/h2-4,11,15,19,22H,5-10,12-13H2,1H3,(H,20,23). The summed E-state index contributed by atoms with van der Waals surface area (Å²) in [5.41, 5.74) is 0.137. The van der Waals surface area contributed by atoms with Crippen molar-refractivity contribution in [1.82, 2.24) is 14.9 Å². The highest BCUT2D eigenvalue weighted by atomic mass is 32.2. The van der Waals surface area contributed by atoms with Gasteiger partial charge >= 0.3 is 0 Å². The van der Waals surface area contributed by atoms with Crippen LogP contribution < -0.4 is 10.6 Å². The monoisotopic (exact) mass is 381 g/mol. The third-order valence-corrected chi connectivity index (χ3v) is 7.34. The number of carbonyl (C=O) groups is 1. The van der Waals surface area contributed by atoms with Crippen LogP contribution in [-0.2, 0) is 10.0 Å². The van der Waals surface area contributed by atoms with Gasteiger partial charge in [-0.2, -0.15) is 4.31 Å². The van der Waals surface area contributed by atoms with Crippen molar-refractivity contribution in [2.45, 2.75) is 37.1 Å². The molecule has 144 valence electrons. The maximum absolute atomic E-state index is 12.9. The Hall–Kier alpha value is -1.48. The lowest BCUT2D eigenvalue weighted by Gasteiger charge is -2.37. The number of nitrogens with zero attached hydrogens (tertiary/aromatic N) is 1. The van der Waals surface area contributed by atoms with Crippen molar-refractivity contribution in [2.75, 3.05) is 32.8 Å². The Balaban J connectivity index is 1.73. The fourth-order valence-electron chi connectivity index (χ4n) is 3.42. The highest BCUT2D eigenvalue weighted by molar-refractivity contribution is 7.89. The number of nitrogens with one attached hydrogen (secondary N) is 2. The van der Waals surface area contributed by atoms with Crippen LogP contribution in [0.5, 0.6) is 0 Å². The van der Waals surface area contributed by atoms with Crippen LogP contribution >= 0.6 is 0 Å². The van der Waals surface area contributed by atoms with Gasteiger partial charge in [0.15, 0.2) is 0 Å². The van der Waals surface area contributed by atoms with Gasteiger partial charge in [-0.05, 0) is 49.4 Å². The summed E-state index contributed by atoms with van der Waals surface area (Å²) in [7, 11) is -3.64. The van der Waals surface area contributed by atoms with E-state index < -0.39 is 10.0 Å². The first kappa shape index (κ1) is 19.3. The average Bonchev–Trinajstić information content (AvgIpc) is 3.15. The molecular weight excluding hydrogens is 354 g/mol. The predicted molar refractivity (Wildman–Crippen MR) is 98.4 cm³/mol. The lowest BCUT2D eigenvalue weighted by molar-refractivity contribution is 0.0853. The second-order valence-electron chi connectivity index (χ2n) is 7.56. The minimum absolute atomic E-state index is 0.0621. The van der Waals surface area contributed by atoms with Gasteiger partial charge in [0, 0.05) is 37.8 Å². The van der Waals surface area contributed by atoms with Crippen molar-refractivity contribution in [1.29, 1.82) is 0 Å². The van der Waals surface area contributed by atoms with Crippen molar-refractivity contribution in [3.05, 3.63) is 29.8 Å². The molecule has 2 aliphatic heterocycles. The molecule has 1 unspecified atom stereocenters. The van der Waals surface area contributed by atoms with Gasteiger partial charge in [-0.25, -0.2) is 8.42 Å². The summed E-state index contributed by atoms with van der Waals surface area (Å²) in [5.74, 6) is -0.248. The largest absolute Gasteiger partial charge is 0.396 e. The Bertz CT molecular complexity index is 751. The topological polar surface area (TPSA) is 98.7 Å². The average molecular weight is 381 g/mol. The second kappa shape index (κ2) is 7.64. The molecule has 0 aromatic heterocycles. The summed E-state index contributed by atoms with van der Waals surface area (Å²) in [4.78, 5) is 12.5. The summed E-state index contributed by atoms with van der Waals surface area (Å²) in [5, 5.41) is 15.6. The molecule has 8 heteroatoms. The number of amides is 1.